The van der Waals surface area contributed by atoms with E-state index in [0.717, 1.165) is 11.3 Å². The van der Waals surface area contributed by atoms with Gasteiger partial charge in [0.2, 0.25) is 0 Å². The number of hydrogen-bond acceptors (Lipinski definition) is 4. The largest absolute Gasteiger partial charge is 0.497 e. The third-order valence-corrected chi connectivity index (χ3v) is 4.09. The fraction of sp³-hybridized carbons (Fsp3) is 0.333. The van der Waals surface area contributed by atoms with E-state index in [-0.39, 0.29) is 30.3 Å². The molecule has 0 aromatic heterocycles. The Morgan fingerprint density at radius 1 is 0.962 bits per heavy atom. The van der Waals surface area contributed by atoms with Crippen molar-refractivity contribution < 1.29 is 19.1 Å². The average molecular weight is 355 g/mol. The summed E-state index contributed by atoms with van der Waals surface area (Å²) < 4.78 is 10.7. The number of methoxy groups -OCH3 is 1. The van der Waals surface area contributed by atoms with Crippen molar-refractivity contribution in [3.63, 3.8) is 0 Å². The summed E-state index contributed by atoms with van der Waals surface area (Å²) in [5, 5.41) is 3.01. The number of rotatable bonds is 8. The molecule has 138 valence electrons. The number of nitrogens with one attached hydrogen (secondary N) is 1. The number of ether oxygens (including phenoxy) is 2. The van der Waals surface area contributed by atoms with Gasteiger partial charge in [-0.1, -0.05) is 26.0 Å². The maximum absolute atomic E-state index is 12.3. The van der Waals surface area contributed by atoms with E-state index in [1.165, 1.54) is 6.92 Å². The minimum absolute atomic E-state index is 0.00596. The number of benzene rings is 2. The predicted octanol–water partition coefficient (Wildman–Crippen LogP) is 3.79. The van der Waals surface area contributed by atoms with Gasteiger partial charge in [-0.3, -0.25) is 9.59 Å². The zero-order valence-electron chi connectivity index (χ0n) is 15.6. The number of carbonyl (C=O) groups is 2. The molecule has 0 fully saturated rings. The van der Waals surface area contributed by atoms with Crippen LogP contribution in [0.2, 0.25) is 0 Å². The quantitative estimate of drug-likeness (QED) is 0.732. The topological polar surface area (TPSA) is 64.6 Å². The Morgan fingerprint density at radius 3 is 2.04 bits per heavy atom. The van der Waals surface area contributed by atoms with Crippen molar-refractivity contribution in [3.8, 4) is 11.5 Å². The fourth-order valence-corrected chi connectivity index (χ4v) is 2.60. The standard InChI is InChI=1S/C21H25NO4/c1-14(2)21(17-7-9-18(25-4)10-8-17)22-20(24)13-26-19-11-5-16(6-12-19)15(3)23/h5-12,14,21H,13H2,1-4H3,(H,22,24)/t21-/m0/s1. The van der Waals surface area contributed by atoms with Crippen molar-refractivity contribution in [1.29, 1.82) is 0 Å². The summed E-state index contributed by atoms with van der Waals surface area (Å²) in [6.07, 6.45) is 0. The van der Waals surface area contributed by atoms with Crippen molar-refractivity contribution in [1.82, 2.24) is 5.32 Å². The summed E-state index contributed by atoms with van der Waals surface area (Å²) in [4.78, 5) is 23.6. The molecule has 0 radical (unpaired) electrons. The number of ketones is 1. The molecular formula is C21H25NO4. The smallest absolute Gasteiger partial charge is 0.258 e. The van der Waals surface area contributed by atoms with E-state index in [0.29, 0.717) is 11.3 Å². The Morgan fingerprint density at radius 2 is 1.54 bits per heavy atom. The number of Topliss-reactive ketones (excluding diaryl/α,β-unsaturated/α-hetero) is 1. The highest BCUT2D eigenvalue weighted by Gasteiger charge is 2.18. The third-order valence-electron chi connectivity index (χ3n) is 4.09. The lowest BCUT2D eigenvalue weighted by molar-refractivity contribution is -0.124. The van der Waals surface area contributed by atoms with Crippen LogP contribution in [0.5, 0.6) is 11.5 Å². The Bertz CT molecular complexity index is 736. The van der Waals surface area contributed by atoms with Gasteiger partial charge in [0.1, 0.15) is 11.5 Å². The molecule has 0 aliphatic carbocycles. The summed E-state index contributed by atoms with van der Waals surface area (Å²) in [5.41, 5.74) is 1.63. The number of amides is 1. The molecule has 0 saturated carbocycles. The van der Waals surface area contributed by atoms with Crippen LogP contribution in [0.1, 0.15) is 42.7 Å². The van der Waals surface area contributed by atoms with Gasteiger partial charge in [0, 0.05) is 5.56 Å². The van der Waals surface area contributed by atoms with Crippen LogP contribution in [-0.4, -0.2) is 25.4 Å². The average Bonchev–Trinajstić information content (AvgIpc) is 2.64. The van der Waals surface area contributed by atoms with E-state index in [2.05, 4.69) is 19.2 Å². The molecule has 0 saturated heterocycles. The van der Waals surface area contributed by atoms with Crippen LogP contribution >= 0.6 is 0 Å². The van der Waals surface area contributed by atoms with Crippen LogP contribution in [0.15, 0.2) is 48.5 Å². The highest BCUT2D eigenvalue weighted by molar-refractivity contribution is 5.94. The molecule has 0 bridgehead atoms. The molecular weight excluding hydrogens is 330 g/mol. The number of carbonyl (C=O) groups excluding carboxylic acids is 2. The van der Waals surface area contributed by atoms with Crippen LogP contribution in [0.25, 0.3) is 0 Å². The SMILES string of the molecule is COc1ccc([C@@H](NC(=O)COc2ccc(C(C)=O)cc2)C(C)C)cc1. The van der Waals surface area contributed by atoms with E-state index < -0.39 is 0 Å². The second-order valence-electron chi connectivity index (χ2n) is 6.43. The minimum atomic E-state index is -0.199. The van der Waals surface area contributed by atoms with Crippen LogP contribution in [-0.2, 0) is 4.79 Å². The van der Waals surface area contributed by atoms with Gasteiger partial charge >= 0.3 is 0 Å². The molecule has 1 atom stereocenters. The van der Waals surface area contributed by atoms with Crippen LogP contribution in [0, 0.1) is 5.92 Å². The van der Waals surface area contributed by atoms with Gasteiger partial charge < -0.3 is 14.8 Å². The maximum Gasteiger partial charge on any atom is 0.258 e. The Hall–Kier alpha value is -2.82. The van der Waals surface area contributed by atoms with Crippen LogP contribution in [0.3, 0.4) is 0 Å². The van der Waals surface area contributed by atoms with Crippen LogP contribution in [0.4, 0.5) is 0 Å². The predicted molar refractivity (Wildman–Crippen MR) is 101 cm³/mol. The lowest BCUT2D eigenvalue weighted by atomic mass is 9.96. The second-order valence-corrected chi connectivity index (χ2v) is 6.43. The first-order valence-electron chi connectivity index (χ1n) is 8.58. The lowest BCUT2D eigenvalue weighted by Crippen LogP contribution is -2.35. The molecule has 0 aliphatic rings. The lowest BCUT2D eigenvalue weighted by Gasteiger charge is -2.23. The van der Waals surface area contributed by atoms with Gasteiger partial charge in [0.05, 0.1) is 13.2 Å². The first kappa shape index (κ1) is 19.5. The molecule has 5 nitrogen and oxygen atoms in total. The fourth-order valence-electron chi connectivity index (χ4n) is 2.60. The van der Waals surface area contributed by atoms with Gasteiger partial charge in [0.25, 0.3) is 5.91 Å². The molecule has 0 unspecified atom stereocenters. The maximum atomic E-state index is 12.3. The number of hydrogen-bond donors (Lipinski definition) is 1. The minimum Gasteiger partial charge on any atom is -0.497 e. The Balaban J connectivity index is 1.95. The van der Waals surface area contributed by atoms with E-state index in [9.17, 15) is 9.59 Å². The Kier molecular flexibility index (Phi) is 6.78. The first-order chi connectivity index (χ1) is 12.4. The highest BCUT2D eigenvalue weighted by atomic mass is 16.5. The van der Waals surface area contributed by atoms with Gasteiger partial charge in [-0.2, -0.15) is 0 Å². The molecule has 1 N–H and O–H groups in total. The van der Waals surface area contributed by atoms with E-state index in [1.54, 1.807) is 31.4 Å². The molecule has 2 rings (SSSR count). The molecule has 26 heavy (non-hydrogen) atoms. The molecule has 0 heterocycles. The molecule has 2 aromatic rings. The van der Waals surface area contributed by atoms with Crippen LogP contribution < -0.4 is 14.8 Å². The van der Waals surface area contributed by atoms with Crippen molar-refractivity contribution in [2.45, 2.75) is 26.8 Å². The van der Waals surface area contributed by atoms with Crippen molar-refractivity contribution >= 4 is 11.7 Å². The van der Waals surface area contributed by atoms with Gasteiger partial charge in [-0.15, -0.1) is 0 Å². The van der Waals surface area contributed by atoms with Gasteiger partial charge in [0.15, 0.2) is 12.4 Å². The summed E-state index contributed by atoms with van der Waals surface area (Å²) in [7, 11) is 1.62. The van der Waals surface area contributed by atoms with Crippen molar-refractivity contribution in [2.24, 2.45) is 5.92 Å². The van der Waals surface area contributed by atoms with Gasteiger partial charge in [-0.05, 0) is 54.8 Å². The van der Waals surface area contributed by atoms with E-state index >= 15 is 0 Å². The molecule has 0 aliphatic heterocycles. The zero-order valence-corrected chi connectivity index (χ0v) is 15.6. The van der Waals surface area contributed by atoms with E-state index in [4.69, 9.17) is 9.47 Å². The summed E-state index contributed by atoms with van der Waals surface area (Å²) >= 11 is 0. The monoisotopic (exact) mass is 355 g/mol. The highest BCUT2D eigenvalue weighted by Crippen LogP contribution is 2.24. The summed E-state index contributed by atoms with van der Waals surface area (Å²) in [6.45, 7) is 5.53. The van der Waals surface area contributed by atoms with Crippen molar-refractivity contribution in [3.05, 3.63) is 59.7 Å². The van der Waals surface area contributed by atoms with E-state index in [1.807, 2.05) is 24.3 Å². The summed E-state index contributed by atoms with van der Waals surface area (Å²) in [6, 6.07) is 14.3. The third kappa shape index (κ3) is 5.34. The zero-order chi connectivity index (χ0) is 19.1. The second kappa shape index (κ2) is 9.04. The molecule has 2 aromatic carbocycles. The summed E-state index contributed by atoms with van der Waals surface area (Å²) in [5.74, 6) is 1.35. The van der Waals surface area contributed by atoms with Gasteiger partial charge in [-0.25, -0.2) is 0 Å². The Labute approximate surface area is 154 Å². The normalized spacial score (nSPS) is 11.7. The molecule has 1 amide bonds. The van der Waals surface area contributed by atoms with Crippen molar-refractivity contribution in [2.75, 3.05) is 13.7 Å². The molecule has 0 spiro atoms. The first-order valence-corrected chi connectivity index (χ1v) is 8.58. The molecule has 5 heteroatoms.